The lowest BCUT2D eigenvalue weighted by Gasteiger charge is -2.32. The minimum atomic E-state index is -0.861. The number of amides is 2. The molecule has 0 spiro atoms. The number of nitrogens with two attached hydrogens (primary N) is 1. The fraction of sp³-hybridized carbons (Fsp3) is 0.800. The molecule has 5 heteroatoms. The second-order valence-corrected chi connectivity index (χ2v) is 4.71. The van der Waals surface area contributed by atoms with Gasteiger partial charge in [0.25, 0.3) is 0 Å². The smallest absolute Gasteiger partial charge is 0.239 e. The van der Waals surface area contributed by atoms with Crippen molar-refractivity contribution in [2.45, 2.75) is 38.3 Å². The van der Waals surface area contributed by atoms with Crippen molar-refractivity contribution in [2.75, 3.05) is 13.6 Å². The maximum absolute atomic E-state index is 11.6. The maximum Gasteiger partial charge on any atom is 0.239 e. The zero-order valence-electron chi connectivity index (χ0n) is 9.54. The summed E-state index contributed by atoms with van der Waals surface area (Å²) in [4.78, 5) is 24.4. The standard InChI is InChI=1S/C10H19N3O2/c1-10(2,11)9(15)12-7-4-5-8(14)13(3)6-7/h7H,4-6,11H2,1-3H3,(H,12,15). The molecule has 1 fully saturated rings. The van der Waals surface area contributed by atoms with Crippen molar-refractivity contribution in [3.05, 3.63) is 0 Å². The van der Waals surface area contributed by atoms with Crippen LogP contribution >= 0.6 is 0 Å². The number of carbonyl (C=O) groups excluding carboxylic acids is 2. The quantitative estimate of drug-likeness (QED) is 0.647. The third-order valence-corrected chi connectivity index (χ3v) is 2.55. The Balaban J connectivity index is 2.47. The lowest BCUT2D eigenvalue weighted by atomic mass is 10.0. The molecule has 15 heavy (non-hydrogen) atoms. The monoisotopic (exact) mass is 213 g/mol. The molecule has 0 saturated carbocycles. The van der Waals surface area contributed by atoms with E-state index in [1.807, 2.05) is 0 Å². The Labute approximate surface area is 90.0 Å². The van der Waals surface area contributed by atoms with Crippen molar-refractivity contribution in [2.24, 2.45) is 5.73 Å². The number of hydrogen-bond acceptors (Lipinski definition) is 3. The first-order valence-electron chi connectivity index (χ1n) is 5.14. The fourth-order valence-corrected chi connectivity index (χ4v) is 1.50. The zero-order chi connectivity index (χ0) is 11.6. The molecule has 86 valence electrons. The maximum atomic E-state index is 11.6. The van der Waals surface area contributed by atoms with Crippen molar-refractivity contribution in [3.8, 4) is 0 Å². The van der Waals surface area contributed by atoms with Crippen LogP contribution in [-0.2, 0) is 9.59 Å². The molecule has 2 amide bonds. The predicted octanol–water partition coefficient (Wildman–Crippen LogP) is -0.539. The van der Waals surface area contributed by atoms with Gasteiger partial charge in [-0.3, -0.25) is 9.59 Å². The SMILES string of the molecule is CN1CC(NC(=O)C(C)(C)N)CCC1=O. The lowest BCUT2D eigenvalue weighted by molar-refractivity contribution is -0.134. The Morgan fingerprint density at radius 3 is 2.67 bits per heavy atom. The number of piperidine rings is 1. The van der Waals surface area contributed by atoms with Crippen molar-refractivity contribution < 1.29 is 9.59 Å². The Hall–Kier alpha value is -1.10. The minimum absolute atomic E-state index is 0.0306. The van der Waals surface area contributed by atoms with E-state index in [0.29, 0.717) is 19.4 Å². The Morgan fingerprint density at radius 1 is 1.60 bits per heavy atom. The highest BCUT2D eigenvalue weighted by Crippen LogP contribution is 2.10. The van der Waals surface area contributed by atoms with Gasteiger partial charge >= 0.3 is 0 Å². The summed E-state index contributed by atoms with van der Waals surface area (Å²) in [5, 5.41) is 2.85. The van der Waals surface area contributed by atoms with Crippen LogP contribution in [0.15, 0.2) is 0 Å². The molecular weight excluding hydrogens is 194 g/mol. The average molecular weight is 213 g/mol. The van der Waals surface area contributed by atoms with Gasteiger partial charge in [0.2, 0.25) is 11.8 Å². The summed E-state index contributed by atoms with van der Waals surface area (Å²) in [5.41, 5.74) is 4.80. The third kappa shape index (κ3) is 3.20. The van der Waals surface area contributed by atoms with Gasteiger partial charge in [-0.25, -0.2) is 0 Å². The van der Waals surface area contributed by atoms with E-state index in [0.717, 1.165) is 0 Å². The summed E-state index contributed by atoms with van der Waals surface area (Å²) in [6.07, 6.45) is 1.19. The van der Waals surface area contributed by atoms with Crippen LogP contribution in [-0.4, -0.2) is 41.9 Å². The Kier molecular flexibility index (Phi) is 3.34. The molecule has 1 saturated heterocycles. The molecule has 5 nitrogen and oxygen atoms in total. The second-order valence-electron chi connectivity index (χ2n) is 4.71. The highest BCUT2D eigenvalue weighted by atomic mass is 16.2. The molecule has 1 aliphatic rings. The summed E-state index contributed by atoms with van der Waals surface area (Å²) in [6.45, 7) is 3.90. The lowest BCUT2D eigenvalue weighted by Crippen LogP contribution is -2.56. The summed E-state index contributed by atoms with van der Waals surface area (Å²) >= 11 is 0. The molecule has 0 aliphatic carbocycles. The van der Waals surface area contributed by atoms with Gasteiger partial charge in [0.15, 0.2) is 0 Å². The van der Waals surface area contributed by atoms with Crippen LogP contribution in [0.2, 0.25) is 0 Å². The largest absolute Gasteiger partial charge is 0.350 e. The number of hydrogen-bond donors (Lipinski definition) is 2. The molecule has 0 aromatic heterocycles. The second kappa shape index (κ2) is 4.18. The van der Waals surface area contributed by atoms with Gasteiger partial charge in [-0.05, 0) is 20.3 Å². The predicted molar refractivity (Wildman–Crippen MR) is 57.1 cm³/mol. The summed E-state index contributed by atoms with van der Waals surface area (Å²) in [6, 6.07) is 0.0306. The number of nitrogens with zero attached hydrogens (tertiary/aromatic N) is 1. The van der Waals surface area contributed by atoms with Crippen LogP contribution in [0.25, 0.3) is 0 Å². The molecule has 1 unspecified atom stereocenters. The van der Waals surface area contributed by atoms with Crippen LogP contribution in [0.3, 0.4) is 0 Å². The summed E-state index contributed by atoms with van der Waals surface area (Å²) in [7, 11) is 1.74. The van der Waals surface area contributed by atoms with Gasteiger partial charge in [-0.15, -0.1) is 0 Å². The van der Waals surface area contributed by atoms with Gasteiger partial charge in [0, 0.05) is 26.1 Å². The molecule has 1 atom stereocenters. The van der Waals surface area contributed by atoms with E-state index >= 15 is 0 Å². The van der Waals surface area contributed by atoms with Gasteiger partial charge in [0.05, 0.1) is 5.54 Å². The first-order chi connectivity index (χ1) is 6.80. The van der Waals surface area contributed by atoms with Gasteiger partial charge < -0.3 is 16.0 Å². The number of carbonyl (C=O) groups is 2. The van der Waals surface area contributed by atoms with Gasteiger partial charge in [-0.1, -0.05) is 0 Å². The molecule has 1 aliphatic heterocycles. The topological polar surface area (TPSA) is 75.4 Å². The molecule has 0 radical (unpaired) electrons. The molecular formula is C10H19N3O2. The Bertz CT molecular complexity index is 270. The molecule has 1 heterocycles. The molecule has 0 aromatic rings. The van der Waals surface area contributed by atoms with Gasteiger partial charge in [-0.2, -0.15) is 0 Å². The van der Waals surface area contributed by atoms with Crippen LogP contribution in [0.4, 0.5) is 0 Å². The Morgan fingerprint density at radius 2 is 2.20 bits per heavy atom. The van der Waals surface area contributed by atoms with Crippen LogP contribution in [0.5, 0.6) is 0 Å². The number of likely N-dealkylation sites (N-methyl/N-ethyl adjacent to an activating group) is 1. The van der Waals surface area contributed by atoms with E-state index in [4.69, 9.17) is 5.73 Å². The molecule has 0 aromatic carbocycles. The molecule has 0 bridgehead atoms. The van der Waals surface area contributed by atoms with E-state index < -0.39 is 5.54 Å². The van der Waals surface area contributed by atoms with Gasteiger partial charge in [0.1, 0.15) is 0 Å². The first kappa shape index (κ1) is 12.0. The van der Waals surface area contributed by atoms with E-state index in [9.17, 15) is 9.59 Å². The summed E-state index contributed by atoms with van der Waals surface area (Å²) < 4.78 is 0. The van der Waals surface area contributed by atoms with Crippen molar-refractivity contribution in [3.63, 3.8) is 0 Å². The number of rotatable bonds is 2. The van der Waals surface area contributed by atoms with Crippen LogP contribution in [0, 0.1) is 0 Å². The number of likely N-dealkylation sites (tertiary alicyclic amines) is 1. The fourth-order valence-electron chi connectivity index (χ4n) is 1.50. The van der Waals surface area contributed by atoms with Crippen molar-refractivity contribution in [1.29, 1.82) is 0 Å². The first-order valence-corrected chi connectivity index (χ1v) is 5.14. The van der Waals surface area contributed by atoms with Crippen molar-refractivity contribution >= 4 is 11.8 Å². The van der Waals surface area contributed by atoms with E-state index in [-0.39, 0.29) is 17.9 Å². The van der Waals surface area contributed by atoms with Crippen molar-refractivity contribution in [1.82, 2.24) is 10.2 Å². The van der Waals surface area contributed by atoms with E-state index in [2.05, 4.69) is 5.32 Å². The van der Waals surface area contributed by atoms with E-state index in [1.165, 1.54) is 0 Å². The summed E-state index contributed by atoms with van der Waals surface area (Å²) in [5.74, 6) is -0.0391. The van der Waals surface area contributed by atoms with Crippen LogP contribution < -0.4 is 11.1 Å². The highest BCUT2D eigenvalue weighted by molar-refractivity contribution is 5.85. The number of nitrogens with one attached hydrogen (secondary N) is 1. The molecule has 3 N–H and O–H groups in total. The van der Waals surface area contributed by atoms with Crippen LogP contribution in [0.1, 0.15) is 26.7 Å². The minimum Gasteiger partial charge on any atom is -0.350 e. The van der Waals surface area contributed by atoms with E-state index in [1.54, 1.807) is 25.8 Å². The average Bonchev–Trinajstić information content (AvgIpc) is 2.10. The third-order valence-electron chi connectivity index (χ3n) is 2.55. The highest BCUT2D eigenvalue weighted by Gasteiger charge is 2.28. The molecule has 1 rings (SSSR count). The normalized spacial score (nSPS) is 22.8. The zero-order valence-corrected chi connectivity index (χ0v) is 9.54.